The Labute approximate surface area is 103 Å². The van der Waals surface area contributed by atoms with Crippen molar-refractivity contribution in [3.05, 3.63) is 27.7 Å². The summed E-state index contributed by atoms with van der Waals surface area (Å²) in [5.74, 6) is -0.867. The normalized spacial score (nSPS) is 18.8. The van der Waals surface area contributed by atoms with Gasteiger partial charge in [0.1, 0.15) is 0 Å². The fraction of sp³-hybridized carbons (Fsp3) is 0.364. The minimum absolute atomic E-state index is 0.0556. The number of carbonyl (C=O) groups is 1. The second kappa shape index (κ2) is 4.52. The number of nitrogens with one attached hydrogen (secondary N) is 1. The quantitative estimate of drug-likeness (QED) is 0.857. The zero-order valence-electron chi connectivity index (χ0n) is 8.46. The Bertz CT molecular complexity index is 434. The van der Waals surface area contributed by atoms with E-state index in [2.05, 4.69) is 5.32 Å². The van der Waals surface area contributed by atoms with E-state index in [1.165, 1.54) is 0 Å². The van der Waals surface area contributed by atoms with Gasteiger partial charge in [-0.15, -0.1) is 0 Å². The molecule has 0 bridgehead atoms. The molecule has 0 aliphatic carbocycles. The number of halogens is 2. The number of carboxylic acids is 1. The first-order valence-corrected chi connectivity index (χ1v) is 5.78. The summed E-state index contributed by atoms with van der Waals surface area (Å²) in [5, 5.41) is 13.2. The van der Waals surface area contributed by atoms with Crippen molar-refractivity contribution in [3.8, 4) is 0 Å². The van der Waals surface area contributed by atoms with Crippen LogP contribution in [0.3, 0.4) is 0 Å². The minimum Gasteiger partial charge on any atom is -0.481 e. The Balaban J connectivity index is 2.44. The fourth-order valence-electron chi connectivity index (χ4n) is 2.08. The summed E-state index contributed by atoms with van der Waals surface area (Å²) in [6.45, 7) is 0.727. The number of anilines is 1. The van der Waals surface area contributed by atoms with E-state index in [1.54, 1.807) is 12.1 Å². The Morgan fingerprint density at radius 2 is 2.12 bits per heavy atom. The van der Waals surface area contributed by atoms with Gasteiger partial charge in [0, 0.05) is 11.6 Å². The van der Waals surface area contributed by atoms with Gasteiger partial charge >= 0.3 is 5.97 Å². The zero-order chi connectivity index (χ0) is 11.7. The van der Waals surface area contributed by atoms with Crippen molar-refractivity contribution in [2.24, 2.45) is 0 Å². The van der Waals surface area contributed by atoms with Gasteiger partial charge in [-0.2, -0.15) is 0 Å². The molecule has 0 spiro atoms. The lowest BCUT2D eigenvalue weighted by atomic mass is 9.88. The lowest BCUT2D eigenvalue weighted by Crippen LogP contribution is -2.19. The number of rotatable bonds is 2. The molecule has 0 saturated heterocycles. The Morgan fingerprint density at radius 1 is 1.44 bits per heavy atom. The maximum atomic E-state index is 10.8. The molecule has 1 heterocycles. The predicted molar refractivity (Wildman–Crippen MR) is 64.6 cm³/mol. The molecule has 2 rings (SSSR count). The predicted octanol–water partition coefficient (Wildman–Crippen LogP) is 3.37. The van der Waals surface area contributed by atoms with E-state index >= 15 is 0 Å². The van der Waals surface area contributed by atoms with Crippen LogP contribution in [0.25, 0.3) is 0 Å². The largest absolute Gasteiger partial charge is 0.481 e. The van der Waals surface area contributed by atoms with E-state index in [4.69, 9.17) is 28.3 Å². The monoisotopic (exact) mass is 259 g/mol. The first kappa shape index (κ1) is 11.6. The van der Waals surface area contributed by atoms with Gasteiger partial charge in [-0.3, -0.25) is 4.79 Å². The van der Waals surface area contributed by atoms with Crippen LogP contribution in [0.1, 0.15) is 24.3 Å². The standard InChI is InChI=1S/C11H11Cl2NO2/c12-7-1-2-8(13)11-10(7)6(3-4-14-11)5-9(15)16/h1-2,6,14H,3-5H2,(H,15,16). The number of carboxylic acid groups (broad SMARTS) is 1. The van der Waals surface area contributed by atoms with E-state index < -0.39 is 5.97 Å². The summed E-state index contributed by atoms with van der Waals surface area (Å²) in [7, 11) is 0. The van der Waals surface area contributed by atoms with Crippen LogP contribution in [0.15, 0.2) is 12.1 Å². The highest BCUT2D eigenvalue weighted by molar-refractivity contribution is 6.36. The SMILES string of the molecule is O=C(O)CC1CCNc2c(Cl)ccc(Cl)c21. The van der Waals surface area contributed by atoms with E-state index in [1.807, 2.05) is 0 Å². The second-order valence-corrected chi connectivity index (χ2v) is 4.64. The number of hydrogen-bond acceptors (Lipinski definition) is 2. The van der Waals surface area contributed by atoms with E-state index in [9.17, 15) is 4.79 Å². The molecule has 0 saturated carbocycles. The summed E-state index contributed by atoms with van der Waals surface area (Å²) in [6.07, 6.45) is 0.855. The number of fused-ring (bicyclic) bond motifs is 1. The number of benzene rings is 1. The van der Waals surface area contributed by atoms with Crippen LogP contribution < -0.4 is 5.32 Å². The molecule has 86 valence electrons. The average Bonchev–Trinajstić information content (AvgIpc) is 2.23. The van der Waals surface area contributed by atoms with E-state index in [0.717, 1.165) is 24.2 Å². The first-order chi connectivity index (χ1) is 7.59. The molecule has 2 N–H and O–H groups in total. The highest BCUT2D eigenvalue weighted by Gasteiger charge is 2.26. The topological polar surface area (TPSA) is 49.3 Å². The molecular weight excluding hydrogens is 249 g/mol. The molecule has 1 aliphatic rings. The van der Waals surface area contributed by atoms with E-state index in [-0.39, 0.29) is 12.3 Å². The molecule has 0 fully saturated rings. The summed E-state index contributed by atoms with van der Waals surface area (Å²) < 4.78 is 0. The van der Waals surface area contributed by atoms with Crippen molar-refractivity contribution in [2.75, 3.05) is 11.9 Å². The minimum atomic E-state index is -0.811. The molecule has 1 aliphatic heterocycles. The highest BCUT2D eigenvalue weighted by atomic mass is 35.5. The third kappa shape index (κ3) is 2.11. The van der Waals surface area contributed by atoms with Crippen LogP contribution in [0.2, 0.25) is 10.0 Å². The highest BCUT2D eigenvalue weighted by Crippen LogP contribution is 2.42. The Kier molecular flexibility index (Phi) is 3.26. The van der Waals surface area contributed by atoms with E-state index in [0.29, 0.717) is 10.0 Å². The molecular formula is C11H11Cl2NO2. The van der Waals surface area contributed by atoms with Crippen LogP contribution in [0, 0.1) is 0 Å². The van der Waals surface area contributed by atoms with Gasteiger partial charge in [0.2, 0.25) is 0 Å². The molecule has 1 aromatic carbocycles. The summed E-state index contributed by atoms with van der Waals surface area (Å²) in [5.41, 5.74) is 1.62. The van der Waals surface area contributed by atoms with Crippen molar-refractivity contribution in [3.63, 3.8) is 0 Å². The first-order valence-electron chi connectivity index (χ1n) is 5.03. The lowest BCUT2D eigenvalue weighted by Gasteiger charge is -2.27. The number of aliphatic carboxylic acids is 1. The number of hydrogen-bond donors (Lipinski definition) is 2. The van der Waals surface area contributed by atoms with Crippen molar-refractivity contribution in [1.82, 2.24) is 0 Å². The van der Waals surface area contributed by atoms with Crippen LogP contribution in [0.4, 0.5) is 5.69 Å². The maximum Gasteiger partial charge on any atom is 0.303 e. The van der Waals surface area contributed by atoms with Gasteiger partial charge in [-0.05, 0) is 30.0 Å². The summed E-state index contributed by atoms with van der Waals surface area (Å²) >= 11 is 12.1. The summed E-state index contributed by atoms with van der Waals surface area (Å²) in [6, 6.07) is 3.43. The Morgan fingerprint density at radius 3 is 2.81 bits per heavy atom. The maximum absolute atomic E-state index is 10.8. The average molecular weight is 260 g/mol. The third-order valence-corrected chi connectivity index (χ3v) is 3.41. The molecule has 5 heteroatoms. The fourth-order valence-corrected chi connectivity index (χ4v) is 2.62. The van der Waals surface area contributed by atoms with Gasteiger partial charge in [0.15, 0.2) is 0 Å². The Hall–Kier alpha value is -0.930. The van der Waals surface area contributed by atoms with Gasteiger partial charge in [-0.1, -0.05) is 23.2 Å². The van der Waals surface area contributed by atoms with Crippen molar-refractivity contribution >= 4 is 34.9 Å². The molecule has 0 radical (unpaired) electrons. The van der Waals surface area contributed by atoms with Crippen LogP contribution in [-0.4, -0.2) is 17.6 Å². The van der Waals surface area contributed by atoms with Crippen LogP contribution in [0.5, 0.6) is 0 Å². The summed E-state index contributed by atoms with van der Waals surface area (Å²) in [4.78, 5) is 10.8. The third-order valence-electron chi connectivity index (χ3n) is 2.77. The molecule has 0 amide bonds. The zero-order valence-corrected chi connectivity index (χ0v) is 9.98. The van der Waals surface area contributed by atoms with Crippen LogP contribution in [-0.2, 0) is 4.79 Å². The molecule has 1 aromatic rings. The van der Waals surface area contributed by atoms with Crippen molar-refractivity contribution in [2.45, 2.75) is 18.8 Å². The molecule has 1 unspecified atom stereocenters. The van der Waals surface area contributed by atoms with Gasteiger partial charge in [0.25, 0.3) is 0 Å². The van der Waals surface area contributed by atoms with Gasteiger partial charge in [0.05, 0.1) is 17.1 Å². The van der Waals surface area contributed by atoms with Crippen LogP contribution >= 0.6 is 23.2 Å². The second-order valence-electron chi connectivity index (χ2n) is 3.83. The lowest BCUT2D eigenvalue weighted by molar-refractivity contribution is -0.137. The van der Waals surface area contributed by atoms with Crippen molar-refractivity contribution in [1.29, 1.82) is 0 Å². The van der Waals surface area contributed by atoms with Gasteiger partial charge in [-0.25, -0.2) is 0 Å². The molecule has 0 aromatic heterocycles. The van der Waals surface area contributed by atoms with Crippen molar-refractivity contribution < 1.29 is 9.90 Å². The van der Waals surface area contributed by atoms with Gasteiger partial charge < -0.3 is 10.4 Å². The molecule has 1 atom stereocenters. The molecule has 16 heavy (non-hydrogen) atoms. The smallest absolute Gasteiger partial charge is 0.303 e. The molecule has 3 nitrogen and oxygen atoms in total.